The van der Waals surface area contributed by atoms with Gasteiger partial charge in [-0.25, -0.2) is 0 Å². The molecule has 5 unspecified atom stereocenters. The van der Waals surface area contributed by atoms with Gasteiger partial charge in [0, 0.05) is 17.8 Å². The number of aliphatic hydroxyl groups is 2. The molecule has 0 aliphatic heterocycles. The van der Waals surface area contributed by atoms with Gasteiger partial charge in [-0.2, -0.15) is 0 Å². The highest BCUT2D eigenvalue weighted by Crippen LogP contribution is 2.36. The van der Waals surface area contributed by atoms with Gasteiger partial charge in [-0.3, -0.25) is 0 Å². The Bertz CT molecular complexity index is 1960. The van der Waals surface area contributed by atoms with Crippen LogP contribution in [0.15, 0.2) is 127 Å². The largest absolute Gasteiger partial charge is 0.508 e. The maximum atomic E-state index is 10.9. The van der Waals surface area contributed by atoms with Crippen molar-refractivity contribution >= 4 is 0 Å². The molecule has 0 aliphatic carbocycles. The summed E-state index contributed by atoms with van der Waals surface area (Å²) in [5.41, 5.74) is 5.13. The van der Waals surface area contributed by atoms with Crippen molar-refractivity contribution in [2.45, 2.75) is 102 Å². The van der Waals surface area contributed by atoms with Crippen molar-refractivity contribution in [3.05, 3.63) is 161 Å². The van der Waals surface area contributed by atoms with E-state index in [0.29, 0.717) is 31.6 Å². The number of benzene rings is 5. The van der Waals surface area contributed by atoms with E-state index in [-0.39, 0.29) is 49.3 Å². The van der Waals surface area contributed by atoms with Crippen LogP contribution in [0, 0.1) is 0 Å². The Morgan fingerprint density at radius 2 is 1.03 bits per heavy atom. The van der Waals surface area contributed by atoms with Crippen molar-refractivity contribution in [2.75, 3.05) is 26.4 Å². The summed E-state index contributed by atoms with van der Waals surface area (Å²) < 4.78 is 24.6. The number of hydrogen-bond acceptors (Lipinski definition) is 8. The predicted molar refractivity (Wildman–Crippen MR) is 230 cm³/mol. The molecular formula is C50H62O8. The second-order valence-corrected chi connectivity index (χ2v) is 16.4. The molecule has 0 aromatic heterocycles. The van der Waals surface area contributed by atoms with E-state index in [4.69, 9.17) is 18.9 Å². The third-order valence-electron chi connectivity index (χ3n) is 11.3. The first-order chi connectivity index (χ1) is 27.7. The number of hydrogen-bond donors (Lipinski definition) is 4. The molecule has 0 saturated heterocycles. The van der Waals surface area contributed by atoms with Gasteiger partial charge in [0.1, 0.15) is 36.1 Å². The van der Waals surface area contributed by atoms with Crippen LogP contribution in [-0.4, -0.2) is 70.3 Å². The van der Waals surface area contributed by atoms with Gasteiger partial charge in [0.05, 0.1) is 37.6 Å². The summed E-state index contributed by atoms with van der Waals surface area (Å²) in [5.74, 6) is 1.12. The van der Waals surface area contributed by atoms with E-state index < -0.39 is 23.4 Å². The van der Waals surface area contributed by atoms with Gasteiger partial charge in [0.2, 0.25) is 0 Å². The summed E-state index contributed by atoms with van der Waals surface area (Å²) in [6.07, 6.45) is 0.345. The third-order valence-corrected chi connectivity index (χ3v) is 11.3. The van der Waals surface area contributed by atoms with Gasteiger partial charge in [0.15, 0.2) is 0 Å². The number of phenols is 2. The Hall–Kier alpha value is -4.70. The minimum absolute atomic E-state index is 0.0115. The third kappa shape index (κ3) is 12.4. The number of phenolic OH excluding ortho intramolecular Hbond substituents is 2. The van der Waals surface area contributed by atoms with Gasteiger partial charge in [-0.1, -0.05) is 119 Å². The van der Waals surface area contributed by atoms with Crippen molar-refractivity contribution in [3.63, 3.8) is 0 Å². The summed E-state index contributed by atoms with van der Waals surface area (Å²) in [5, 5.41) is 41.3. The molecule has 0 amide bonds. The van der Waals surface area contributed by atoms with Gasteiger partial charge >= 0.3 is 0 Å². The standard InChI is InChI=1S/C50H62O8/c1-7-49(5,35-50(6,8-2)58-34-45(54)32-56-46-27-21-41(22-28-46)48(3,4)40-19-25-43(52)26-20-40)57-33-44(53)31-55-30-36-13-12-16-39(29-36)47(37-14-10-9-11-15-37)38-17-23-42(51)24-18-38/h9-29,44-45,47,51-54H,7-8,30-35H2,1-6H3. The number of rotatable bonds is 22. The average Bonchev–Trinajstić information content (AvgIpc) is 3.23. The summed E-state index contributed by atoms with van der Waals surface area (Å²) in [6, 6.07) is 41.0. The predicted octanol–water partition coefficient (Wildman–Crippen LogP) is 9.68. The lowest BCUT2D eigenvalue weighted by atomic mass is 9.78. The number of aromatic hydroxyl groups is 2. The lowest BCUT2D eigenvalue weighted by molar-refractivity contribution is -0.148. The van der Waals surface area contributed by atoms with E-state index in [1.54, 1.807) is 24.3 Å². The van der Waals surface area contributed by atoms with E-state index in [9.17, 15) is 20.4 Å². The maximum absolute atomic E-state index is 10.9. The maximum Gasteiger partial charge on any atom is 0.119 e. The Morgan fingerprint density at radius 1 is 0.534 bits per heavy atom. The molecule has 8 nitrogen and oxygen atoms in total. The van der Waals surface area contributed by atoms with Crippen LogP contribution in [0.5, 0.6) is 17.2 Å². The Kier molecular flexibility index (Phi) is 15.6. The smallest absolute Gasteiger partial charge is 0.119 e. The zero-order valence-corrected chi connectivity index (χ0v) is 34.9. The lowest BCUT2D eigenvalue weighted by Gasteiger charge is -2.39. The number of ether oxygens (including phenoxy) is 4. The molecular weight excluding hydrogens is 729 g/mol. The van der Waals surface area contributed by atoms with Crippen LogP contribution >= 0.6 is 0 Å². The first-order valence-electron chi connectivity index (χ1n) is 20.4. The Labute approximate surface area is 345 Å². The monoisotopic (exact) mass is 790 g/mol. The molecule has 0 aliphatic rings. The van der Waals surface area contributed by atoms with E-state index >= 15 is 0 Å². The minimum atomic E-state index is -0.829. The lowest BCUT2D eigenvalue weighted by Crippen LogP contribution is -2.43. The molecule has 5 aromatic carbocycles. The van der Waals surface area contributed by atoms with E-state index in [2.05, 4.69) is 52.0 Å². The quantitative estimate of drug-likeness (QED) is 0.0513. The molecule has 0 bridgehead atoms. The molecule has 5 aromatic rings. The fraction of sp³-hybridized carbons (Fsp3) is 0.400. The summed E-state index contributed by atoms with van der Waals surface area (Å²) >= 11 is 0. The van der Waals surface area contributed by atoms with Crippen LogP contribution in [0.3, 0.4) is 0 Å². The summed E-state index contributed by atoms with van der Waals surface area (Å²) in [4.78, 5) is 0. The van der Waals surface area contributed by atoms with E-state index in [1.165, 1.54) is 0 Å². The molecule has 5 atom stereocenters. The molecule has 310 valence electrons. The second-order valence-electron chi connectivity index (χ2n) is 16.4. The van der Waals surface area contributed by atoms with Crippen molar-refractivity contribution in [2.24, 2.45) is 0 Å². The fourth-order valence-corrected chi connectivity index (χ4v) is 7.31. The van der Waals surface area contributed by atoms with Gasteiger partial charge in [-0.15, -0.1) is 0 Å². The number of aliphatic hydroxyl groups excluding tert-OH is 2. The summed E-state index contributed by atoms with van der Waals surface area (Å²) in [7, 11) is 0. The van der Waals surface area contributed by atoms with E-state index in [1.807, 2.05) is 92.7 Å². The SMILES string of the molecule is CCC(C)(CC(C)(CC)OCC(O)COc1ccc(C(C)(C)c2ccc(O)cc2)cc1)OCC(O)COCc1cccc(C(c2ccccc2)c2ccc(O)cc2)c1. The van der Waals surface area contributed by atoms with Gasteiger partial charge < -0.3 is 39.4 Å². The molecule has 58 heavy (non-hydrogen) atoms. The molecule has 0 radical (unpaired) electrons. The summed E-state index contributed by atoms with van der Waals surface area (Å²) in [6.45, 7) is 13.2. The highest BCUT2D eigenvalue weighted by Gasteiger charge is 2.36. The van der Waals surface area contributed by atoms with Gasteiger partial charge in [-0.05, 0) is 96.5 Å². The molecule has 0 heterocycles. The first-order valence-corrected chi connectivity index (χ1v) is 20.4. The zero-order valence-electron chi connectivity index (χ0n) is 34.9. The minimum Gasteiger partial charge on any atom is -0.508 e. The molecule has 8 heteroatoms. The topological polar surface area (TPSA) is 118 Å². The molecule has 0 fully saturated rings. The highest BCUT2D eigenvalue weighted by molar-refractivity contribution is 5.45. The Balaban J connectivity index is 1.07. The highest BCUT2D eigenvalue weighted by atomic mass is 16.5. The van der Waals surface area contributed by atoms with Crippen LogP contribution in [0.1, 0.15) is 100 Å². The van der Waals surface area contributed by atoms with Crippen molar-refractivity contribution in [1.82, 2.24) is 0 Å². The van der Waals surface area contributed by atoms with Crippen molar-refractivity contribution in [1.29, 1.82) is 0 Å². The zero-order chi connectivity index (χ0) is 41.8. The first kappa shape index (κ1) is 44.4. The molecule has 0 spiro atoms. The van der Waals surface area contributed by atoms with Crippen LogP contribution in [0.2, 0.25) is 0 Å². The molecule has 0 saturated carbocycles. The fourth-order valence-electron chi connectivity index (χ4n) is 7.31. The van der Waals surface area contributed by atoms with Crippen molar-refractivity contribution < 1.29 is 39.4 Å². The normalized spacial score (nSPS) is 15.5. The van der Waals surface area contributed by atoms with Crippen molar-refractivity contribution in [3.8, 4) is 17.2 Å². The van der Waals surface area contributed by atoms with Crippen LogP contribution in [-0.2, 0) is 26.2 Å². The van der Waals surface area contributed by atoms with Gasteiger partial charge in [0.25, 0.3) is 0 Å². The Morgan fingerprint density at radius 3 is 1.60 bits per heavy atom. The van der Waals surface area contributed by atoms with E-state index in [0.717, 1.165) is 33.4 Å². The van der Waals surface area contributed by atoms with Crippen LogP contribution < -0.4 is 4.74 Å². The average molecular weight is 791 g/mol. The second kappa shape index (κ2) is 20.3. The molecule has 5 rings (SSSR count). The van der Waals surface area contributed by atoms with Crippen LogP contribution in [0.4, 0.5) is 0 Å². The van der Waals surface area contributed by atoms with Crippen LogP contribution in [0.25, 0.3) is 0 Å². The molecule has 4 N–H and O–H groups in total.